The highest BCUT2D eigenvalue weighted by Gasteiger charge is 2.41. The first kappa shape index (κ1) is 10.7. The molecule has 0 unspecified atom stereocenters. The Bertz CT molecular complexity index is 562. The maximum absolute atomic E-state index is 5.93. The van der Waals surface area contributed by atoms with Crippen molar-refractivity contribution < 1.29 is 0 Å². The highest BCUT2D eigenvalue weighted by Crippen LogP contribution is 2.42. The van der Waals surface area contributed by atoms with Crippen molar-refractivity contribution in [1.29, 1.82) is 0 Å². The predicted octanol–water partition coefficient (Wildman–Crippen LogP) is 1.12. The van der Waals surface area contributed by atoms with E-state index >= 15 is 0 Å². The Balaban J connectivity index is 2.24. The fourth-order valence-electron chi connectivity index (χ4n) is 2.70. The quantitative estimate of drug-likeness (QED) is 0.841. The molecule has 0 aliphatic heterocycles. The second-order valence-electron chi connectivity index (χ2n) is 5.04. The van der Waals surface area contributed by atoms with Gasteiger partial charge in [0.25, 0.3) is 5.78 Å². The van der Waals surface area contributed by atoms with Gasteiger partial charge in [0.2, 0.25) is 0 Å². The van der Waals surface area contributed by atoms with E-state index in [0.717, 1.165) is 30.1 Å². The smallest absolute Gasteiger partial charge is 0.255 e. The summed E-state index contributed by atoms with van der Waals surface area (Å²) in [4.78, 5) is 4.41. The zero-order chi connectivity index (χ0) is 12.0. The van der Waals surface area contributed by atoms with Crippen LogP contribution in [-0.4, -0.2) is 26.1 Å². The van der Waals surface area contributed by atoms with Gasteiger partial charge in [0, 0.05) is 23.3 Å². The molecule has 3 rings (SSSR count). The van der Waals surface area contributed by atoms with E-state index in [2.05, 4.69) is 32.6 Å². The predicted molar refractivity (Wildman–Crippen MR) is 64.8 cm³/mol. The maximum atomic E-state index is 5.93. The fraction of sp³-hybridized carbons (Fsp3) is 0.583. The topological polar surface area (TPSA) is 69.1 Å². The molecule has 0 atom stereocenters. The normalized spacial score (nSPS) is 18.3. The van der Waals surface area contributed by atoms with Crippen LogP contribution in [0.2, 0.25) is 0 Å². The third kappa shape index (κ3) is 1.38. The number of hydrogen-bond donors (Lipinski definition) is 1. The summed E-state index contributed by atoms with van der Waals surface area (Å²) in [6, 6.07) is 2.06. The van der Waals surface area contributed by atoms with Crippen LogP contribution in [0, 0.1) is 13.8 Å². The molecule has 0 amide bonds. The Kier molecular flexibility index (Phi) is 2.19. The lowest BCUT2D eigenvalue weighted by Crippen LogP contribution is -2.43. The summed E-state index contributed by atoms with van der Waals surface area (Å²) in [5.41, 5.74) is 8.07. The summed E-state index contributed by atoms with van der Waals surface area (Å²) in [5.74, 6) is 1.68. The molecule has 0 radical (unpaired) electrons. The highest BCUT2D eigenvalue weighted by atomic mass is 15.3. The first-order valence-corrected chi connectivity index (χ1v) is 6.06. The Morgan fingerprint density at radius 3 is 2.71 bits per heavy atom. The van der Waals surface area contributed by atoms with Gasteiger partial charge in [-0.1, -0.05) is 6.42 Å². The van der Waals surface area contributed by atoms with Gasteiger partial charge in [-0.3, -0.25) is 4.40 Å². The standard InChI is InChI=1S/C12H17N5/c1-8-6-9(2)17-10(15-16-11(17)14-8)12(7-13)4-3-5-12/h6H,3-5,7,13H2,1-2H3. The van der Waals surface area contributed by atoms with E-state index < -0.39 is 0 Å². The summed E-state index contributed by atoms with van der Waals surface area (Å²) < 4.78 is 2.05. The molecular weight excluding hydrogens is 214 g/mol. The van der Waals surface area contributed by atoms with Crippen LogP contribution in [0.25, 0.3) is 5.78 Å². The summed E-state index contributed by atoms with van der Waals surface area (Å²) >= 11 is 0. The molecule has 1 saturated carbocycles. The lowest BCUT2D eigenvalue weighted by molar-refractivity contribution is 0.235. The molecule has 2 N–H and O–H groups in total. The second kappa shape index (κ2) is 3.50. The zero-order valence-corrected chi connectivity index (χ0v) is 10.3. The largest absolute Gasteiger partial charge is 0.329 e. The van der Waals surface area contributed by atoms with Crippen LogP contribution in [0.4, 0.5) is 0 Å². The monoisotopic (exact) mass is 231 g/mol. The minimum Gasteiger partial charge on any atom is -0.329 e. The molecule has 1 aliphatic rings. The highest BCUT2D eigenvalue weighted by molar-refractivity contribution is 5.35. The number of fused-ring (bicyclic) bond motifs is 1. The molecule has 2 aromatic heterocycles. The van der Waals surface area contributed by atoms with Crippen LogP contribution in [0.15, 0.2) is 6.07 Å². The summed E-state index contributed by atoms with van der Waals surface area (Å²) in [6.45, 7) is 4.68. The molecule has 5 heteroatoms. The minimum atomic E-state index is 0.0289. The Labute approximate surface area is 100 Å². The van der Waals surface area contributed by atoms with Gasteiger partial charge < -0.3 is 5.73 Å². The van der Waals surface area contributed by atoms with Gasteiger partial charge in [-0.2, -0.15) is 0 Å². The van der Waals surface area contributed by atoms with Gasteiger partial charge >= 0.3 is 0 Å². The van der Waals surface area contributed by atoms with Crippen molar-refractivity contribution in [3.8, 4) is 0 Å². The number of hydrogen-bond acceptors (Lipinski definition) is 4. The van der Waals surface area contributed by atoms with E-state index in [9.17, 15) is 0 Å². The van der Waals surface area contributed by atoms with E-state index in [4.69, 9.17) is 5.73 Å². The number of nitrogens with zero attached hydrogens (tertiary/aromatic N) is 4. The van der Waals surface area contributed by atoms with E-state index in [0.29, 0.717) is 12.3 Å². The van der Waals surface area contributed by atoms with Gasteiger partial charge in [0.05, 0.1) is 0 Å². The molecule has 0 bridgehead atoms. The molecule has 2 aromatic rings. The van der Waals surface area contributed by atoms with Gasteiger partial charge in [0.1, 0.15) is 5.82 Å². The van der Waals surface area contributed by atoms with Gasteiger partial charge in [-0.25, -0.2) is 4.98 Å². The lowest BCUT2D eigenvalue weighted by Gasteiger charge is -2.39. The van der Waals surface area contributed by atoms with E-state index in [-0.39, 0.29) is 5.41 Å². The second-order valence-corrected chi connectivity index (χ2v) is 5.04. The maximum Gasteiger partial charge on any atom is 0.255 e. The lowest BCUT2D eigenvalue weighted by atomic mass is 9.68. The van der Waals surface area contributed by atoms with Crippen LogP contribution in [0.5, 0.6) is 0 Å². The van der Waals surface area contributed by atoms with Crippen molar-refractivity contribution in [2.75, 3.05) is 6.54 Å². The van der Waals surface area contributed by atoms with Gasteiger partial charge in [-0.05, 0) is 32.8 Å². The van der Waals surface area contributed by atoms with E-state index in [1.54, 1.807) is 0 Å². The molecule has 90 valence electrons. The Hall–Kier alpha value is -1.49. The van der Waals surface area contributed by atoms with Crippen molar-refractivity contribution in [3.63, 3.8) is 0 Å². The van der Waals surface area contributed by atoms with Gasteiger partial charge in [0.15, 0.2) is 0 Å². The van der Waals surface area contributed by atoms with Crippen LogP contribution in [0.3, 0.4) is 0 Å². The first-order chi connectivity index (χ1) is 8.16. The first-order valence-electron chi connectivity index (χ1n) is 6.06. The van der Waals surface area contributed by atoms with Gasteiger partial charge in [-0.15, -0.1) is 10.2 Å². The molecule has 1 fully saturated rings. The molecule has 5 nitrogen and oxygen atoms in total. The summed E-state index contributed by atoms with van der Waals surface area (Å²) in [5, 5.41) is 8.52. The van der Waals surface area contributed by atoms with E-state index in [1.807, 2.05) is 6.92 Å². The minimum absolute atomic E-state index is 0.0289. The van der Waals surface area contributed by atoms with Crippen molar-refractivity contribution in [2.24, 2.45) is 5.73 Å². The Morgan fingerprint density at radius 1 is 1.35 bits per heavy atom. The molecule has 0 aromatic carbocycles. The number of aryl methyl sites for hydroxylation is 2. The van der Waals surface area contributed by atoms with Crippen molar-refractivity contribution in [3.05, 3.63) is 23.3 Å². The number of nitrogens with two attached hydrogens (primary N) is 1. The van der Waals surface area contributed by atoms with E-state index in [1.165, 1.54) is 6.42 Å². The van der Waals surface area contributed by atoms with Crippen molar-refractivity contribution >= 4 is 5.78 Å². The fourth-order valence-corrected chi connectivity index (χ4v) is 2.70. The van der Waals surface area contributed by atoms with Crippen molar-refractivity contribution in [1.82, 2.24) is 19.6 Å². The SMILES string of the molecule is Cc1cc(C)n2c(C3(CN)CCC3)nnc2n1. The zero-order valence-electron chi connectivity index (χ0n) is 10.3. The molecular formula is C12H17N5. The van der Waals surface area contributed by atoms with Crippen LogP contribution < -0.4 is 5.73 Å². The van der Waals surface area contributed by atoms with Crippen LogP contribution in [0.1, 0.15) is 36.5 Å². The third-order valence-corrected chi connectivity index (χ3v) is 3.87. The molecule has 2 heterocycles. The average Bonchev–Trinajstić information content (AvgIpc) is 2.61. The molecule has 0 spiro atoms. The molecule has 1 aliphatic carbocycles. The number of aromatic nitrogens is 4. The number of rotatable bonds is 2. The summed E-state index contributed by atoms with van der Waals surface area (Å²) in [7, 11) is 0. The average molecular weight is 231 g/mol. The molecule has 17 heavy (non-hydrogen) atoms. The Morgan fingerprint density at radius 2 is 2.12 bits per heavy atom. The molecule has 0 saturated heterocycles. The van der Waals surface area contributed by atoms with Crippen LogP contribution >= 0.6 is 0 Å². The van der Waals surface area contributed by atoms with Crippen LogP contribution in [-0.2, 0) is 5.41 Å². The van der Waals surface area contributed by atoms with Crippen molar-refractivity contribution in [2.45, 2.75) is 38.5 Å². The third-order valence-electron chi connectivity index (χ3n) is 3.87. The summed E-state index contributed by atoms with van der Waals surface area (Å²) in [6.07, 6.45) is 3.44.